The highest BCUT2D eigenvalue weighted by molar-refractivity contribution is 9.10. The molecule has 2 aromatic heterocycles. The molecule has 2 aromatic carbocycles. The van der Waals surface area contributed by atoms with Gasteiger partial charge in [0.1, 0.15) is 16.4 Å². The number of aliphatic hydroxyl groups excluding tert-OH is 1. The van der Waals surface area contributed by atoms with E-state index in [2.05, 4.69) is 31.5 Å². The van der Waals surface area contributed by atoms with Crippen molar-refractivity contribution < 1.29 is 5.11 Å². The lowest BCUT2D eigenvalue weighted by molar-refractivity contribution is 0.512. The molecule has 6 rings (SSSR count). The molecule has 0 fully saturated rings. The molecule has 0 atom stereocenters. The number of aryl methyl sites for hydroxylation is 2. The van der Waals surface area contributed by atoms with Crippen molar-refractivity contribution >= 4 is 48.8 Å². The summed E-state index contributed by atoms with van der Waals surface area (Å²) in [7, 11) is 0. The standard InChI is InChI=1S/C25H19BrN2O2S/c26-16-11-9-14(10-12-16)22(29)20-17-6-2-1-5-15(17)13-28-23(20)27-24(30)21-18-7-3-4-8-19(18)31-25(21)28/h1-2,5-6,9-12,29H,3-4,7-8,13H2/b22-20+. The second-order valence-corrected chi connectivity index (χ2v) is 10.1. The molecular formula is C25H19BrN2O2S. The van der Waals surface area contributed by atoms with Crippen molar-refractivity contribution in [3.63, 3.8) is 0 Å². The van der Waals surface area contributed by atoms with Crippen molar-refractivity contribution in [2.24, 2.45) is 0 Å². The summed E-state index contributed by atoms with van der Waals surface area (Å²) in [5.41, 5.74) is 4.37. The molecule has 0 spiro atoms. The zero-order valence-corrected chi connectivity index (χ0v) is 19.1. The second kappa shape index (κ2) is 7.18. The van der Waals surface area contributed by atoms with E-state index in [-0.39, 0.29) is 11.3 Å². The molecule has 6 heteroatoms. The Balaban J connectivity index is 1.69. The van der Waals surface area contributed by atoms with Gasteiger partial charge in [-0.1, -0.05) is 52.3 Å². The number of thiophene rings is 1. The summed E-state index contributed by atoms with van der Waals surface area (Å²) in [4.78, 5) is 20.1. The molecule has 0 unspecified atom stereocenters. The minimum atomic E-state index is -0.180. The Bertz CT molecular complexity index is 1450. The van der Waals surface area contributed by atoms with Crippen molar-refractivity contribution in [1.29, 1.82) is 0 Å². The third-order valence-electron chi connectivity index (χ3n) is 6.27. The molecule has 31 heavy (non-hydrogen) atoms. The number of hydrogen-bond donors (Lipinski definition) is 1. The zero-order valence-electron chi connectivity index (χ0n) is 16.7. The van der Waals surface area contributed by atoms with Crippen molar-refractivity contribution in [2.45, 2.75) is 32.2 Å². The zero-order chi connectivity index (χ0) is 21.1. The summed E-state index contributed by atoms with van der Waals surface area (Å²) in [6.45, 7) is 0.645. The smallest absolute Gasteiger partial charge is 0.282 e. The van der Waals surface area contributed by atoms with Crippen LogP contribution >= 0.6 is 27.3 Å². The van der Waals surface area contributed by atoms with Crippen LogP contribution in [-0.2, 0) is 19.4 Å². The first-order valence-corrected chi connectivity index (χ1v) is 12.1. The van der Waals surface area contributed by atoms with E-state index in [1.807, 2.05) is 42.5 Å². The molecule has 0 amide bonds. The average molecular weight is 491 g/mol. The van der Waals surface area contributed by atoms with Crippen LogP contribution in [0.2, 0.25) is 0 Å². The Hall–Kier alpha value is -2.70. The summed E-state index contributed by atoms with van der Waals surface area (Å²) >= 11 is 5.18. The molecule has 0 bridgehead atoms. The number of aromatic nitrogens is 2. The summed E-state index contributed by atoms with van der Waals surface area (Å²) in [6.07, 6.45) is 4.28. The first-order valence-electron chi connectivity index (χ1n) is 10.4. The Morgan fingerprint density at radius 3 is 2.68 bits per heavy atom. The van der Waals surface area contributed by atoms with Crippen LogP contribution < -0.4 is 5.56 Å². The second-order valence-electron chi connectivity index (χ2n) is 8.11. The maximum Gasteiger partial charge on any atom is 0.282 e. The molecule has 1 N–H and O–H groups in total. The minimum absolute atomic E-state index is 0.140. The van der Waals surface area contributed by atoms with E-state index in [1.54, 1.807) is 11.3 Å². The van der Waals surface area contributed by atoms with E-state index in [0.29, 0.717) is 23.5 Å². The predicted molar refractivity (Wildman–Crippen MR) is 129 cm³/mol. The molecule has 3 heterocycles. The van der Waals surface area contributed by atoms with Crippen LogP contribution in [0.5, 0.6) is 0 Å². The molecule has 0 radical (unpaired) electrons. The van der Waals surface area contributed by atoms with Crippen LogP contribution in [0.15, 0.2) is 57.8 Å². The highest BCUT2D eigenvalue weighted by atomic mass is 79.9. The topological polar surface area (TPSA) is 55.1 Å². The lowest BCUT2D eigenvalue weighted by atomic mass is 9.92. The number of hydrogen-bond acceptors (Lipinski definition) is 4. The van der Waals surface area contributed by atoms with E-state index in [9.17, 15) is 9.90 Å². The van der Waals surface area contributed by atoms with Gasteiger partial charge in [0.25, 0.3) is 5.56 Å². The normalized spacial score (nSPS) is 16.5. The van der Waals surface area contributed by atoms with Gasteiger partial charge in [-0.25, -0.2) is 0 Å². The van der Waals surface area contributed by atoms with Gasteiger partial charge in [0.05, 0.1) is 17.5 Å². The van der Waals surface area contributed by atoms with Gasteiger partial charge in [0.15, 0.2) is 0 Å². The third kappa shape index (κ3) is 2.92. The Morgan fingerprint density at radius 1 is 1.06 bits per heavy atom. The fraction of sp³-hybridized carbons (Fsp3) is 0.200. The highest BCUT2D eigenvalue weighted by Gasteiger charge is 2.29. The van der Waals surface area contributed by atoms with Crippen LogP contribution in [-0.4, -0.2) is 14.7 Å². The maximum absolute atomic E-state index is 13.2. The maximum atomic E-state index is 13.2. The van der Waals surface area contributed by atoms with Crippen LogP contribution in [0.4, 0.5) is 0 Å². The molecule has 154 valence electrons. The molecule has 1 aliphatic carbocycles. The summed E-state index contributed by atoms with van der Waals surface area (Å²) in [5.74, 6) is 0.691. The molecule has 4 nitrogen and oxygen atoms in total. The monoisotopic (exact) mass is 490 g/mol. The van der Waals surface area contributed by atoms with Crippen LogP contribution in [0, 0.1) is 0 Å². The van der Waals surface area contributed by atoms with E-state index in [1.165, 1.54) is 16.9 Å². The summed E-state index contributed by atoms with van der Waals surface area (Å²) in [6, 6.07) is 15.6. The summed E-state index contributed by atoms with van der Waals surface area (Å²) in [5, 5.41) is 12.1. The molecular weight excluding hydrogens is 472 g/mol. The Kier molecular flexibility index (Phi) is 4.40. The van der Waals surface area contributed by atoms with Crippen molar-refractivity contribution in [2.75, 3.05) is 0 Å². The van der Waals surface area contributed by atoms with Crippen LogP contribution in [0.1, 0.15) is 45.8 Å². The van der Waals surface area contributed by atoms with Gasteiger partial charge in [-0.2, -0.15) is 4.98 Å². The molecule has 0 saturated carbocycles. The first kappa shape index (κ1) is 19.0. The number of nitrogens with zero attached hydrogens (tertiary/aromatic N) is 2. The number of benzene rings is 2. The molecule has 1 aliphatic heterocycles. The SMILES string of the molecule is O=c1nc2n(c3sc4c(c13)CCCC4)Cc1ccccc1/C2=C(\O)c1ccc(Br)cc1. The van der Waals surface area contributed by atoms with Crippen molar-refractivity contribution in [1.82, 2.24) is 9.55 Å². The van der Waals surface area contributed by atoms with Crippen molar-refractivity contribution in [3.8, 4) is 0 Å². The van der Waals surface area contributed by atoms with Gasteiger partial charge in [-0.3, -0.25) is 4.79 Å². The van der Waals surface area contributed by atoms with E-state index < -0.39 is 0 Å². The number of halogens is 1. The van der Waals surface area contributed by atoms with Gasteiger partial charge in [-0.05, 0) is 54.5 Å². The number of fused-ring (bicyclic) bond motifs is 6. The third-order valence-corrected chi connectivity index (χ3v) is 8.11. The average Bonchev–Trinajstić information content (AvgIpc) is 3.19. The fourth-order valence-corrected chi connectivity index (χ4v) is 6.43. The molecule has 2 aliphatic rings. The van der Waals surface area contributed by atoms with Crippen LogP contribution in [0.3, 0.4) is 0 Å². The minimum Gasteiger partial charge on any atom is -0.507 e. The van der Waals surface area contributed by atoms with E-state index in [4.69, 9.17) is 0 Å². The first-order chi connectivity index (χ1) is 15.1. The molecule has 0 saturated heterocycles. The number of rotatable bonds is 1. The highest BCUT2D eigenvalue weighted by Crippen LogP contribution is 2.40. The fourth-order valence-electron chi connectivity index (χ4n) is 4.79. The Labute approximate surface area is 191 Å². The van der Waals surface area contributed by atoms with Crippen LogP contribution in [0.25, 0.3) is 21.5 Å². The van der Waals surface area contributed by atoms with Gasteiger partial charge in [0, 0.05) is 14.9 Å². The van der Waals surface area contributed by atoms with E-state index in [0.717, 1.165) is 45.1 Å². The van der Waals surface area contributed by atoms with Gasteiger partial charge in [0.2, 0.25) is 0 Å². The molecule has 4 aromatic rings. The lowest BCUT2D eigenvalue weighted by Crippen LogP contribution is -2.23. The number of aliphatic hydroxyl groups is 1. The Morgan fingerprint density at radius 2 is 1.84 bits per heavy atom. The van der Waals surface area contributed by atoms with E-state index >= 15 is 0 Å². The van der Waals surface area contributed by atoms with Crippen molar-refractivity contribution in [3.05, 3.63) is 96.3 Å². The lowest BCUT2D eigenvalue weighted by Gasteiger charge is -2.25. The van der Waals surface area contributed by atoms with Gasteiger partial charge >= 0.3 is 0 Å². The van der Waals surface area contributed by atoms with Gasteiger partial charge < -0.3 is 9.67 Å². The quantitative estimate of drug-likeness (QED) is 0.296. The predicted octanol–water partition coefficient (Wildman–Crippen LogP) is 5.94. The largest absolute Gasteiger partial charge is 0.507 e. The van der Waals surface area contributed by atoms with Gasteiger partial charge in [-0.15, -0.1) is 11.3 Å². The summed E-state index contributed by atoms with van der Waals surface area (Å²) < 4.78 is 3.07.